The molecule has 3 rings (SSSR count). The Kier molecular flexibility index (Phi) is 4.88. The number of pyridine rings is 1. The van der Waals surface area contributed by atoms with Crippen molar-refractivity contribution in [2.75, 3.05) is 11.9 Å². The first-order valence-corrected chi connectivity index (χ1v) is 7.95. The molecule has 2 amide bonds. The SMILES string of the molecule is O=C(Nc1ccccn1)N1CCCC1CC(O)c1ccccc1. The predicted octanol–water partition coefficient (Wildman–Crippen LogP) is 3.20. The van der Waals surface area contributed by atoms with E-state index in [-0.39, 0.29) is 12.1 Å². The van der Waals surface area contributed by atoms with Gasteiger partial charge in [-0.15, -0.1) is 0 Å². The molecule has 2 N–H and O–H groups in total. The number of aliphatic hydroxyl groups is 1. The number of carbonyl (C=O) groups excluding carboxylic acids is 1. The number of hydrogen-bond acceptors (Lipinski definition) is 3. The van der Waals surface area contributed by atoms with Gasteiger partial charge >= 0.3 is 6.03 Å². The van der Waals surface area contributed by atoms with Crippen LogP contribution in [0.4, 0.5) is 10.6 Å². The van der Waals surface area contributed by atoms with Gasteiger partial charge in [-0.3, -0.25) is 5.32 Å². The summed E-state index contributed by atoms with van der Waals surface area (Å²) in [5.41, 5.74) is 0.893. The van der Waals surface area contributed by atoms with Gasteiger partial charge in [0.15, 0.2) is 0 Å². The molecule has 2 aromatic rings. The van der Waals surface area contributed by atoms with Crippen LogP contribution in [0.2, 0.25) is 0 Å². The third kappa shape index (κ3) is 3.87. The highest BCUT2D eigenvalue weighted by molar-refractivity contribution is 5.88. The molecule has 0 spiro atoms. The third-order valence-electron chi connectivity index (χ3n) is 4.22. The lowest BCUT2D eigenvalue weighted by Gasteiger charge is -2.26. The van der Waals surface area contributed by atoms with Crippen LogP contribution in [0.15, 0.2) is 54.7 Å². The van der Waals surface area contributed by atoms with Crippen molar-refractivity contribution in [3.8, 4) is 0 Å². The molecule has 2 atom stereocenters. The van der Waals surface area contributed by atoms with E-state index in [1.807, 2.05) is 42.5 Å². The van der Waals surface area contributed by atoms with E-state index in [2.05, 4.69) is 10.3 Å². The van der Waals surface area contributed by atoms with E-state index < -0.39 is 6.10 Å². The zero-order valence-electron chi connectivity index (χ0n) is 12.9. The molecule has 1 fully saturated rings. The maximum atomic E-state index is 12.4. The van der Waals surface area contributed by atoms with Crippen molar-refractivity contribution in [3.63, 3.8) is 0 Å². The van der Waals surface area contributed by atoms with Gasteiger partial charge in [0.05, 0.1) is 6.10 Å². The highest BCUT2D eigenvalue weighted by Gasteiger charge is 2.30. The normalized spacial score (nSPS) is 18.7. The quantitative estimate of drug-likeness (QED) is 0.911. The monoisotopic (exact) mass is 311 g/mol. The lowest BCUT2D eigenvalue weighted by Crippen LogP contribution is -2.39. The number of aromatic nitrogens is 1. The fourth-order valence-electron chi connectivity index (χ4n) is 3.04. The second-order valence-corrected chi connectivity index (χ2v) is 5.80. The number of aliphatic hydroxyl groups excluding tert-OH is 1. The Labute approximate surface area is 136 Å². The molecule has 5 nitrogen and oxygen atoms in total. The first kappa shape index (κ1) is 15.5. The molecule has 1 aliphatic heterocycles. The number of likely N-dealkylation sites (tertiary alicyclic amines) is 1. The summed E-state index contributed by atoms with van der Waals surface area (Å²) in [6.07, 6.45) is 3.53. The zero-order chi connectivity index (χ0) is 16.1. The molecule has 2 heterocycles. The van der Waals surface area contributed by atoms with Crippen molar-refractivity contribution in [1.82, 2.24) is 9.88 Å². The van der Waals surface area contributed by atoms with Crippen LogP contribution >= 0.6 is 0 Å². The molecular weight excluding hydrogens is 290 g/mol. The van der Waals surface area contributed by atoms with Gasteiger partial charge in [-0.05, 0) is 37.0 Å². The molecule has 0 aliphatic carbocycles. The van der Waals surface area contributed by atoms with Gasteiger partial charge in [0, 0.05) is 18.8 Å². The summed E-state index contributed by atoms with van der Waals surface area (Å²) in [5.74, 6) is 0.548. The Morgan fingerprint density at radius 1 is 1.26 bits per heavy atom. The number of amides is 2. The summed E-state index contributed by atoms with van der Waals surface area (Å²) in [5, 5.41) is 13.2. The van der Waals surface area contributed by atoms with E-state index >= 15 is 0 Å². The number of hydrogen-bond donors (Lipinski definition) is 2. The summed E-state index contributed by atoms with van der Waals surface area (Å²) in [6.45, 7) is 0.713. The average molecular weight is 311 g/mol. The number of rotatable bonds is 4. The number of carbonyl (C=O) groups is 1. The van der Waals surface area contributed by atoms with Gasteiger partial charge in [0.1, 0.15) is 5.82 Å². The molecule has 2 unspecified atom stereocenters. The smallest absolute Gasteiger partial charge is 0.323 e. The van der Waals surface area contributed by atoms with E-state index in [0.717, 1.165) is 18.4 Å². The average Bonchev–Trinajstić information content (AvgIpc) is 3.05. The van der Waals surface area contributed by atoms with Crippen molar-refractivity contribution in [3.05, 3.63) is 60.3 Å². The number of anilines is 1. The molecule has 0 saturated carbocycles. The van der Waals surface area contributed by atoms with E-state index in [0.29, 0.717) is 18.8 Å². The number of nitrogens with one attached hydrogen (secondary N) is 1. The summed E-state index contributed by atoms with van der Waals surface area (Å²) in [7, 11) is 0. The van der Waals surface area contributed by atoms with Crippen LogP contribution in [0.1, 0.15) is 30.9 Å². The van der Waals surface area contributed by atoms with E-state index in [9.17, 15) is 9.90 Å². The molecule has 1 aromatic carbocycles. The maximum absolute atomic E-state index is 12.4. The molecule has 23 heavy (non-hydrogen) atoms. The van der Waals surface area contributed by atoms with Gasteiger partial charge < -0.3 is 10.0 Å². The Bertz CT molecular complexity index is 633. The molecular formula is C18H21N3O2. The van der Waals surface area contributed by atoms with E-state index in [4.69, 9.17) is 0 Å². The number of urea groups is 1. The minimum atomic E-state index is -0.551. The first-order valence-electron chi connectivity index (χ1n) is 7.95. The Morgan fingerprint density at radius 3 is 2.78 bits per heavy atom. The second kappa shape index (κ2) is 7.24. The van der Waals surface area contributed by atoms with Crippen LogP contribution in [-0.4, -0.2) is 33.6 Å². The Balaban J connectivity index is 1.62. The van der Waals surface area contributed by atoms with Crippen molar-refractivity contribution in [2.24, 2.45) is 0 Å². The van der Waals surface area contributed by atoms with Crippen molar-refractivity contribution >= 4 is 11.8 Å². The number of benzene rings is 1. The third-order valence-corrected chi connectivity index (χ3v) is 4.22. The summed E-state index contributed by atoms with van der Waals surface area (Å²) in [4.78, 5) is 18.4. The molecule has 1 aliphatic rings. The Hall–Kier alpha value is -2.40. The van der Waals surface area contributed by atoms with Crippen LogP contribution < -0.4 is 5.32 Å². The van der Waals surface area contributed by atoms with Crippen LogP contribution in [-0.2, 0) is 0 Å². The predicted molar refractivity (Wildman–Crippen MR) is 89.0 cm³/mol. The second-order valence-electron chi connectivity index (χ2n) is 5.80. The molecule has 1 aromatic heterocycles. The minimum absolute atomic E-state index is 0.0499. The molecule has 0 bridgehead atoms. The van der Waals surface area contributed by atoms with E-state index in [1.54, 1.807) is 17.2 Å². The lowest BCUT2D eigenvalue weighted by molar-refractivity contribution is 0.129. The van der Waals surface area contributed by atoms with Crippen LogP contribution in [0.25, 0.3) is 0 Å². The molecule has 0 radical (unpaired) electrons. The van der Waals surface area contributed by atoms with Gasteiger partial charge in [-0.2, -0.15) is 0 Å². The van der Waals surface area contributed by atoms with Crippen molar-refractivity contribution < 1.29 is 9.90 Å². The van der Waals surface area contributed by atoms with E-state index in [1.165, 1.54) is 0 Å². The molecule has 5 heteroatoms. The van der Waals surface area contributed by atoms with Crippen molar-refractivity contribution in [2.45, 2.75) is 31.4 Å². The maximum Gasteiger partial charge on any atom is 0.323 e. The summed E-state index contributed by atoms with van der Waals surface area (Å²) in [6, 6.07) is 14.9. The van der Waals surface area contributed by atoms with Crippen LogP contribution in [0.3, 0.4) is 0 Å². The van der Waals surface area contributed by atoms with Crippen molar-refractivity contribution in [1.29, 1.82) is 0 Å². The zero-order valence-corrected chi connectivity index (χ0v) is 12.9. The summed E-state index contributed by atoms with van der Waals surface area (Å²) >= 11 is 0. The van der Waals surface area contributed by atoms with Crippen LogP contribution in [0.5, 0.6) is 0 Å². The van der Waals surface area contributed by atoms with Gasteiger partial charge in [0.2, 0.25) is 0 Å². The van der Waals surface area contributed by atoms with Crippen LogP contribution in [0, 0.1) is 0 Å². The summed E-state index contributed by atoms with van der Waals surface area (Å²) < 4.78 is 0. The molecule has 120 valence electrons. The first-order chi connectivity index (χ1) is 11.2. The lowest BCUT2D eigenvalue weighted by atomic mass is 10.0. The molecule has 1 saturated heterocycles. The van der Waals surface area contributed by atoms with Gasteiger partial charge in [0.25, 0.3) is 0 Å². The van der Waals surface area contributed by atoms with Gasteiger partial charge in [-0.1, -0.05) is 36.4 Å². The largest absolute Gasteiger partial charge is 0.388 e. The standard InChI is InChI=1S/C18H21N3O2/c22-16(14-7-2-1-3-8-14)13-15-9-6-12-21(15)18(23)20-17-10-4-5-11-19-17/h1-5,7-8,10-11,15-16,22H,6,9,12-13H2,(H,19,20,23). The Morgan fingerprint density at radius 2 is 2.04 bits per heavy atom. The topological polar surface area (TPSA) is 65.5 Å². The number of nitrogens with zero attached hydrogens (tertiary/aromatic N) is 2. The fraction of sp³-hybridized carbons (Fsp3) is 0.333. The van der Waals surface area contributed by atoms with Gasteiger partial charge in [-0.25, -0.2) is 9.78 Å². The minimum Gasteiger partial charge on any atom is -0.388 e. The highest BCUT2D eigenvalue weighted by atomic mass is 16.3. The fourth-order valence-corrected chi connectivity index (χ4v) is 3.04. The highest BCUT2D eigenvalue weighted by Crippen LogP contribution is 2.27.